The minimum atomic E-state index is -0.211. The minimum Gasteiger partial charge on any atom is -0.332 e. The average molecular weight is 397 g/mol. The molecule has 0 spiro atoms. The Bertz CT molecular complexity index is 1310. The number of carbonyl (C=O) groups is 2. The van der Waals surface area contributed by atoms with Crippen LogP contribution in [-0.4, -0.2) is 26.3 Å². The van der Waals surface area contributed by atoms with Crippen LogP contribution in [0.4, 0.5) is 11.4 Å². The molecule has 0 aliphatic carbocycles. The van der Waals surface area contributed by atoms with Gasteiger partial charge in [0, 0.05) is 30.2 Å². The van der Waals surface area contributed by atoms with Gasteiger partial charge in [-0.15, -0.1) is 0 Å². The number of aromatic nitrogens is 3. The molecule has 0 radical (unpaired) electrons. The monoisotopic (exact) mass is 397 g/mol. The lowest BCUT2D eigenvalue weighted by atomic mass is 10.0. The van der Waals surface area contributed by atoms with Gasteiger partial charge in [-0.2, -0.15) is 0 Å². The number of para-hydroxylation sites is 1. The van der Waals surface area contributed by atoms with Crippen molar-refractivity contribution in [3.8, 4) is 11.4 Å². The van der Waals surface area contributed by atoms with Crippen molar-refractivity contribution in [2.45, 2.75) is 12.8 Å². The van der Waals surface area contributed by atoms with Crippen LogP contribution in [-0.2, 0) is 18.3 Å². The van der Waals surface area contributed by atoms with E-state index in [0.29, 0.717) is 29.8 Å². The molecule has 0 bridgehead atoms. The fourth-order valence-corrected chi connectivity index (χ4v) is 3.76. The quantitative estimate of drug-likeness (QED) is 0.551. The van der Waals surface area contributed by atoms with Crippen molar-refractivity contribution in [1.29, 1.82) is 0 Å². The molecule has 30 heavy (non-hydrogen) atoms. The van der Waals surface area contributed by atoms with Crippen molar-refractivity contribution in [3.63, 3.8) is 0 Å². The summed E-state index contributed by atoms with van der Waals surface area (Å²) < 4.78 is 1.87. The standard InChI is InChI=1S/C23H19N5O2/c1-28-13-24-12-21(28)20-11-17(16-4-2-3-5-19(16)26-20)23(30)25-15-7-8-18-14(10-15)6-9-22(29)27-18/h2-5,7-8,10-13H,6,9H2,1H3,(H,25,30)(H,27,29). The number of rotatable bonds is 3. The molecular formula is C23H19N5O2. The third-order valence-electron chi connectivity index (χ3n) is 5.30. The van der Waals surface area contributed by atoms with E-state index in [2.05, 4.69) is 15.6 Å². The van der Waals surface area contributed by atoms with Crippen LogP contribution in [0.15, 0.2) is 61.1 Å². The van der Waals surface area contributed by atoms with E-state index in [-0.39, 0.29) is 11.8 Å². The number of nitrogens with one attached hydrogen (secondary N) is 2. The second-order valence-electron chi connectivity index (χ2n) is 7.34. The Morgan fingerprint density at radius 1 is 1.13 bits per heavy atom. The number of hydrogen-bond acceptors (Lipinski definition) is 4. The number of imidazole rings is 1. The predicted molar refractivity (Wildman–Crippen MR) is 115 cm³/mol. The Labute approximate surface area is 172 Å². The number of carbonyl (C=O) groups excluding carboxylic acids is 2. The summed E-state index contributed by atoms with van der Waals surface area (Å²) in [7, 11) is 1.89. The van der Waals surface area contributed by atoms with Gasteiger partial charge >= 0.3 is 0 Å². The van der Waals surface area contributed by atoms with E-state index in [9.17, 15) is 9.59 Å². The predicted octanol–water partition coefficient (Wildman–Crippen LogP) is 3.77. The molecule has 3 heterocycles. The van der Waals surface area contributed by atoms with Gasteiger partial charge in [0.25, 0.3) is 5.91 Å². The largest absolute Gasteiger partial charge is 0.332 e. The zero-order valence-electron chi connectivity index (χ0n) is 16.3. The molecule has 0 unspecified atom stereocenters. The van der Waals surface area contributed by atoms with Crippen LogP contribution in [0, 0.1) is 0 Å². The first-order valence-electron chi connectivity index (χ1n) is 9.69. The number of benzene rings is 2. The lowest BCUT2D eigenvalue weighted by Crippen LogP contribution is -2.19. The Morgan fingerprint density at radius 3 is 2.83 bits per heavy atom. The van der Waals surface area contributed by atoms with Gasteiger partial charge in [-0.3, -0.25) is 9.59 Å². The van der Waals surface area contributed by atoms with E-state index >= 15 is 0 Å². The van der Waals surface area contributed by atoms with Gasteiger partial charge < -0.3 is 15.2 Å². The van der Waals surface area contributed by atoms with Gasteiger partial charge in [0.05, 0.1) is 35.0 Å². The van der Waals surface area contributed by atoms with Gasteiger partial charge in [-0.05, 0) is 42.3 Å². The van der Waals surface area contributed by atoms with E-state index in [1.165, 1.54) is 0 Å². The molecule has 0 saturated carbocycles. The summed E-state index contributed by atoms with van der Waals surface area (Å²) in [5, 5.41) is 6.64. The first-order valence-corrected chi connectivity index (χ1v) is 9.69. The molecule has 148 valence electrons. The molecule has 1 aliphatic heterocycles. The van der Waals surface area contributed by atoms with Crippen molar-refractivity contribution in [1.82, 2.24) is 14.5 Å². The SMILES string of the molecule is Cn1cncc1-c1cc(C(=O)Nc2ccc3c(c2)CCC(=O)N3)c2ccccc2n1. The summed E-state index contributed by atoms with van der Waals surface area (Å²) >= 11 is 0. The topological polar surface area (TPSA) is 88.9 Å². The summed E-state index contributed by atoms with van der Waals surface area (Å²) in [4.78, 5) is 33.7. The molecule has 7 heteroatoms. The first kappa shape index (κ1) is 18.1. The Kier molecular flexibility index (Phi) is 4.28. The molecule has 0 saturated heterocycles. The van der Waals surface area contributed by atoms with Crippen molar-refractivity contribution < 1.29 is 9.59 Å². The van der Waals surface area contributed by atoms with Crippen LogP contribution in [0.5, 0.6) is 0 Å². The molecule has 2 aromatic heterocycles. The molecule has 2 amide bonds. The third kappa shape index (κ3) is 3.20. The number of pyridine rings is 1. The Balaban J connectivity index is 1.53. The van der Waals surface area contributed by atoms with Crippen molar-refractivity contribution in [3.05, 3.63) is 72.2 Å². The molecule has 1 aliphatic rings. The number of hydrogen-bond donors (Lipinski definition) is 2. The maximum Gasteiger partial charge on any atom is 0.256 e. The number of nitrogens with zero attached hydrogens (tertiary/aromatic N) is 3. The molecule has 2 N–H and O–H groups in total. The van der Waals surface area contributed by atoms with Crippen LogP contribution < -0.4 is 10.6 Å². The van der Waals surface area contributed by atoms with Crippen LogP contribution in [0.3, 0.4) is 0 Å². The zero-order valence-corrected chi connectivity index (χ0v) is 16.3. The van der Waals surface area contributed by atoms with Crippen LogP contribution in [0.1, 0.15) is 22.3 Å². The Morgan fingerprint density at radius 2 is 2.00 bits per heavy atom. The van der Waals surface area contributed by atoms with E-state index in [1.54, 1.807) is 24.7 Å². The van der Waals surface area contributed by atoms with Gasteiger partial charge in [0.1, 0.15) is 0 Å². The summed E-state index contributed by atoms with van der Waals surface area (Å²) in [5.74, 6) is -0.193. The fourth-order valence-electron chi connectivity index (χ4n) is 3.76. The second-order valence-corrected chi connectivity index (χ2v) is 7.34. The number of fused-ring (bicyclic) bond motifs is 2. The third-order valence-corrected chi connectivity index (χ3v) is 5.30. The van der Waals surface area contributed by atoms with Gasteiger partial charge in [0.15, 0.2) is 0 Å². The highest BCUT2D eigenvalue weighted by Gasteiger charge is 2.18. The summed E-state index contributed by atoms with van der Waals surface area (Å²) in [6.07, 6.45) is 4.55. The zero-order chi connectivity index (χ0) is 20.7. The van der Waals surface area contributed by atoms with Crippen molar-refractivity contribution in [2.24, 2.45) is 7.05 Å². The van der Waals surface area contributed by atoms with Crippen LogP contribution in [0.25, 0.3) is 22.3 Å². The summed E-state index contributed by atoms with van der Waals surface area (Å²) in [5.41, 5.74) is 5.32. The highest BCUT2D eigenvalue weighted by molar-refractivity contribution is 6.13. The van der Waals surface area contributed by atoms with Crippen molar-refractivity contribution in [2.75, 3.05) is 10.6 Å². The van der Waals surface area contributed by atoms with E-state index in [4.69, 9.17) is 4.98 Å². The maximum atomic E-state index is 13.2. The lowest BCUT2D eigenvalue weighted by Gasteiger charge is -2.18. The summed E-state index contributed by atoms with van der Waals surface area (Å²) in [6.45, 7) is 0. The highest BCUT2D eigenvalue weighted by atomic mass is 16.2. The van der Waals surface area contributed by atoms with Crippen LogP contribution >= 0.6 is 0 Å². The molecule has 7 nitrogen and oxygen atoms in total. The number of amides is 2. The van der Waals surface area contributed by atoms with Crippen molar-refractivity contribution >= 4 is 34.1 Å². The first-order chi connectivity index (χ1) is 14.6. The lowest BCUT2D eigenvalue weighted by molar-refractivity contribution is -0.116. The van der Waals surface area contributed by atoms with E-state index in [0.717, 1.165) is 27.8 Å². The molecule has 0 fully saturated rings. The maximum absolute atomic E-state index is 13.2. The smallest absolute Gasteiger partial charge is 0.256 e. The molecular weight excluding hydrogens is 378 g/mol. The van der Waals surface area contributed by atoms with E-state index < -0.39 is 0 Å². The number of aryl methyl sites for hydroxylation is 2. The van der Waals surface area contributed by atoms with Crippen LogP contribution in [0.2, 0.25) is 0 Å². The molecule has 0 atom stereocenters. The van der Waals surface area contributed by atoms with Gasteiger partial charge in [-0.1, -0.05) is 18.2 Å². The second kappa shape index (κ2) is 7.11. The Hall–Kier alpha value is -4.00. The normalized spacial score (nSPS) is 13.0. The number of anilines is 2. The molecule has 5 rings (SSSR count). The minimum absolute atomic E-state index is 0.0187. The average Bonchev–Trinajstić information content (AvgIpc) is 3.19. The van der Waals surface area contributed by atoms with E-state index in [1.807, 2.05) is 48.0 Å². The van der Waals surface area contributed by atoms with Gasteiger partial charge in [0.2, 0.25) is 5.91 Å². The van der Waals surface area contributed by atoms with Gasteiger partial charge in [-0.25, -0.2) is 9.97 Å². The molecule has 2 aromatic carbocycles. The summed E-state index contributed by atoms with van der Waals surface area (Å²) in [6, 6.07) is 14.9. The highest BCUT2D eigenvalue weighted by Crippen LogP contribution is 2.28. The fraction of sp³-hybridized carbons (Fsp3) is 0.130. The molecule has 4 aromatic rings.